The number of non-ortho nitro benzene ring substituents is 1. The van der Waals surface area contributed by atoms with E-state index in [-0.39, 0.29) is 11.4 Å². The lowest BCUT2D eigenvalue weighted by molar-refractivity contribution is -0.384. The highest BCUT2D eigenvalue weighted by Gasteiger charge is 2.12. The molecule has 0 aliphatic carbocycles. The first-order valence-corrected chi connectivity index (χ1v) is 7.10. The molecular formula is C13H11N5O3S. The van der Waals surface area contributed by atoms with Gasteiger partial charge in [0.05, 0.1) is 15.1 Å². The van der Waals surface area contributed by atoms with Crippen LogP contribution in [0, 0.1) is 10.1 Å². The molecule has 1 amide bonds. The predicted octanol–water partition coefficient (Wildman–Crippen LogP) is 1.62. The number of carbonyl (C=O) groups excluding carboxylic acids is 1. The molecule has 8 nitrogen and oxygen atoms in total. The smallest absolute Gasteiger partial charge is 0.300 e. The average molecular weight is 317 g/mol. The summed E-state index contributed by atoms with van der Waals surface area (Å²) in [5, 5.41) is 14.8. The lowest BCUT2D eigenvalue weighted by Crippen LogP contribution is -2.13. The van der Waals surface area contributed by atoms with Gasteiger partial charge in [-0.3, -0.25) is 19.6 Å². The number of aromatic nitrogens is 3. The number of fused-ring (bicyclic) bond motifs is 1. The summed E-state index contributed by atoms with van der Waals surface area (Å²) < 4.78 is 3.95. The standard InChI is InChI=1S/C13H11N5O3S/c1-16-6-5-9(15-16)12(19)14-13-17(2)10-4-3-8(18(20)21)7-11(10)22-13/h3-7H,1-2H3. The monoisotopic (exact) mass is 317 g/mol. The Morgan fingerprint density at radius 1 is 1.36 bits per heavy atom. The first-order chi connectivity index (χ1) is 10.5. The Kier molecular flexibility index (Phi) is 3.33. The summed E-state index contributed by atoms with van der Waals surface area (Å²) in [5.74, 6) is -0.447. The zero-order valence-electron chi connectivity index (χ0n) is 11.8. The molecular weight excluding hydrogens is 306 g/mol. The van der Waals surface area contributed by atoms with Crippen molar-refractivity contribution in [1.29, 1.82) is 0 Å². The molecule has 0 spiro atoms. The van der Waals surface area contributed by atoms with Crippen molar-refractivity contribution in [2.45, 2.75) is 0 Å². The fraction of sp³-hybridized carbons (Fsp3) is 0.154. The van der Waals surface area contributed by atoms with Gasteiger partial charge in [-0.25, -0.2) is 0 Å². The van der Waals surface area contributed by atoms with Crippen molar-refractivity contribution in [1.82, 2.24) is 14.3 Å². The highest BCUT2D eigenvalue weighted by Crippen LogP contribution is 2.22. The first-order valence-electron chi connectivity index (χ1n) is 6.28. The van der Waals surface area contributed by atoms with Gasteiger partial charge in [-0.1, -0.05) is 11.3 Å². The third-order valence-corrected chi connectivity index (χ3v) is 4.23. The number of benzene rings is 1. The quantitative estimate of drug-likeness (QED) is 0.530. The van der Waals surface area contributed by atoms with Crippen molar-refractivity contribution in [2.24, 2.45) is 19.1 Å². The Bertz CT molecular complexity index is 966. The molecule has 3 rings (SSSR count). The first kappa shape index (κ1) is 14.1. The topological polar surface area (TPSA) is 95.3 Å². The van der Waals surface area contributed by atoms with Crippen LogP contribution < -0.4 is 4.80 Å². The molecule has 2 heterocycles. The summed E-state index contributed by atoms with van der Waals surface area (Å²) in [6.45, 7) is 0. The van der Waals surface area contributed by atoms with Crippen LogP contribution >= 0.6 is 11.3 Å². The second kappa shape index (κ2) is 5.19. The largest absolute Gasteiger partial charge is 0.319 e. The Labute approximate surface area is 128 Å². The van der Waals surface area contributed by atoms with E-state index in [1.807, 2.05) is 0 Å². The van der Waals surface area contributed by atoms with Crippen LogP contribution in [0.3, 0.4) is 0 Å². The summed E-state index contributed by atoms with van der Waals surface area (Å²) in [7, 11) is 3.48. The highest BCUT2D eigenvalue weighted by molar-refractivity contribution is 7.16. The maximum atomic E-state index is 12.1. The van der Waals surface area contributed by atoms with Crippen molar-refractivity contribution in [2.75, 3.05) is 0 Å². The summed E-state index contributed by atoms with van der Waals surface area (Å²) in [4.78, 5) is 27.0. The fourth-order valence-corrected chi connectivity index (χ4v) is 3.07. The van der Waals surface area contributed by atoms with E-state index in [0.29, 0.717) is 9.50 Å². The van der Waals surface area contributed by atoms with Crippen molar-refractivity contribution in [3.05, 3.63) is 51.1 Å². The van der Waals surface area contributed by atoms with Crippen molar-refractivity contribution in [3.63, 3.8) is 0 Å². The number of rotatable bonds is 2. The second-order valence-electron chi connectivity index (χ2n) is 4.64. The average Bonchev–Trinajstić information content (AvgIpc) is 3.03. The Morgan fingerprint density at radius 2 is 2.14 bits per heavy atom. The number of hydrogen-bond donors (Lipinski definition) is 0. The molecule has 0 saturated heterocycles. The number of nitro benzene ring substituents is 1. The van der Waals surface area contributed by atoms with E-state index in [9.17, 15) is 14.9 Å². The van der Waals surface area contributed by atoms with Crippen LogP contribution in [0.25, 0.3) is 10.2 Å². The number of hydrogen-bond acceptors (Lipinski definition) is 5. The van der Waals surface area contributed by atoms with Crippen LogP contribution in [0.4, 0.5) is 5.69 Å². The third kappa shape index (κ3) is 2.42. The fourth-order valence-electron chi connectivity index (χ4n) is 2.02. The van der Waals surface area contributed by atoms with Gasteiger partial charge in [0.25, 0.3) is 11.6 Å². The number of amides is 1. The molecule has 0 N–H and O–H groups in total. The zero-order valence-corrected chi connectivity index (χ0v) is 12.6. The van der Waals surface area contributed by atoms with E-state index in [1.165, 1.54) is 28.2 Å². The van der Waals surface area contributed by atoms with Crippen molar-refractivity contribution < 1.29 is 9.72 Å². The van der Waals surface area contributed by atoms with E-state index in [0.717, 1.165) is 5.52 Å². The second-order valence-corrected chi connectivity index (χ2v) is 5.65. The van der Waals surface area contributed by atoms with Crippen LogP contribution in [-0.4, -0.2) is 25.2 Å². The lowest BCUT2D eigenvalue weighted by atomic mass is 10.3. The van der Waals surface area contributed by atoms with Crippen LogP contribution in [0.15, 0.2) is 35.5 Å². The summed E-state index contributed by atoms with van der Waals surface area (Å²) >= 11 is 1.22. The number of thiazole rings is 1. The van der Waals surface area contributed by atoms with Gasteiger partial charge in [0.2, 0.25) is 0 Å². The van der Waals surface area contributed by atoms with Gasteiger partial charge < -0.3 is 4.57 Å². The van der Waals surface area contributed by atoms with Gasteiger partial charge in [-0.05, 0) is 12.1 Å². The molecule has 1 aromatic carbocycles. The van der Waals surface area contributed by atoms with E-state index in [1.54, 1.807) is 37.0 Å². The summed E-state index contributed by atoms with van der Waals surface area (Å²) in [6.07, 6.45) is 1.66. The summed E-state index contributed by atoms with van der Waals surface area (Å²) in [6, 6.07) is 6.14. The van der Waals surface area contributed by atoms with E-state index in [4.69, 9.17) is 0 Å². The molecule has 22 heavy (non-hydrogen) atoms. The Balaban J connectivity index is 2.10. The molecule has 0 atom stereocenters. The Morgan fingerprint density at radius 3 is 2.77 bits per heavy atom. The maximum Gasteiger partial charge on any atom is 0.300 e. The van der Waals surface area contributed by atoms with Gasteiger partial charge in [0.15, 0.2) is 10.5 Å². The molecule has 0 saturated carbocycles. The molecule has 3 aromatic rings. The van der Waals surface area contributed by atoms with Gasteiger partial charge in [0, 0.05) is 32.4 Å². The normalized spacial score (nSPS) is 12.0. The maximum absolute atomic E-state index is 12.1. The Hall–Kier alpha value is -2.81. The number of nitrogens with zero attached hydrogens (tertiary/aromatic N) is 5. The minimum absolute atomic E-state index is 0.0111. The van der Waals surface area contributed by atoms with Gasteiger partial charge in [-0.2, -0.15) is 10.1 Å². The van der Waals surface area contributed by atoms with E-state index >= 15 is 0 Å². The molecule has 0 fully saturated rings. The van der Waals surface area contributed by atoms with E-state index < -0.39 is 10.8 Å². The van der Waals surface area contributed by atoms with Gasteiger partial charge in [0.1, 0.15) is 0 Å². The molecule has 0 radical (unpaired) electrons. The van der Waals surface area contributed by atoms with Crippen molar-refractivity contribution in [3.8, 4) is 0 Å². The molecule has 0 unspecified atom stereocenters. The minimum atomic E-state index is -0.449. The molecule has 0 aliphatic heterocycles. The zero-order chi connectivity index (χ0) is 15.9. The van der Waals surface area contributed by atoms with Crippen LogP contribution in [0.1, 0.15) is 10.5 Å². The molecule has 112 valence electrons. The van der Waals surface area contributed by atoms with Gasteiger partial charge >= 0.3 is 0 Å². The van der Waals surface area contributed by atoms with Crippen molar-refractivity contribution >= 4 is 33.1 Å². The van der Waals surface area contributed by atoms with Crippen LogP contribution in [0.5, 0.6) is 0 Å². The minimum Gasteiger partial charge on any atom is -0.319 e. The lowest BCUT2D eigenvalue weighted by Gasteiger charge is -1.95. The van der Waals surface area contributed by atoms with E-state index in [2.05, 4.69) is 10.1 Å². The summed E-state index contributed by atoms with van der Waals surface area (Å²) in [5.41, 5.74) is 1.05. The SMILES string of the molecule is Cn1ccc(C(=O)N=c2sc3cc([N+](=O)[O-])ccc3n2C)n1. The third-order valence-electron chi connectivity index (χ3n) is 3.13. The number of carbonyl (C=O) groups is 1. The molecule has 0 aliphatic rings. The van der Waals surface area contributed by atoms with Gasteiger partial charge in [-0.15, -0.1) is 0 Å². The molecule has 9 heteroatoms. The number of nitro groups is 1. The predicted molar refractivity (Wildman–Crippen MR) is 80.6 cm³/mol. The molecule has 2 aromatic heterocycles. The number of aryl methyl sites for hydroxylation is 2. The molecule has 0 bridgehead atoms. The van der Waals surface area contributed by atoms with Crippen LogP contribution in [0.2, 0.25) is 0 Å². The van der Waals surface area contributed by atoms with Crippen LogP contribution in [-0.2, 0) is 14.1 Å². The highest BCUT2D eigenvalue weighted by atomic mass is 32.1.